The fourth-order valence-electron chi connectivity index (χ4n) is 2.27. The molecule has 0 unspecified atom stereocenters. The van der Waals surface area contributed by atoms with Gasteiger partial charge in [0, 0.05) is 19.8 Å². The fraction of sp³-hybridized carbons (Fsp3) is 0.533. The van der Waals surface area contributed by atoms with E-state index in [1.807, 2.05) is 24.5 Å². The van der Waals surface area contributed by atoms with E-state index in [0.29, 0.717) is 24.6 Å². The third-order valence-electron chi connectivity index (χ3n) is 3.05. The molecule has 5 heteroatoms. The lowest BCUT2D eigenvalue weighted by molar-refractivity contribution is -0.146. The lowest BCUT2D eigenvalue weighted by atomic mass is 10.3. The highest BCUT2D eigenvalue weighted by atomic mass is 19.1. The number of hydrogen-bond acceptors (Lipinski definition) is 3. The summed E-state index contributed by atoms with van der Waals surface area (Å²) >= 11 is 0. The molecule has 0 spiro atoms. The summed E-state index contributed by atoms with van der Waals surface area (Å²) in [6.07, 6.45) is 0.378. The molecular weight excluding hydrogens is 259 g/mol. The van der Waals surface area contributed by atoms with Crippen molar-refractivity contribution in [3.05, 3.63) is 29.8 Å². The molecular formula is C15H21FN2O2. The molecule has 1 heterocycles. The number of fused-ring (bicyclic) bond motifs is 1. The number of para-hydroxylation sites is 1. The SMILES string of the molecule is CCCn1c(C(OCC)OCC)nc2c(F)cccc21. The maximum Gasteiger partial charge on any atom is 0.217 e. The smallest absolute Gasteiger partial charge is 0.217 e. The van der Waals surface area contributed by atoms with Crippen molar-refractivity contribution in [3.63, 3.8) is 0 Å². The number of rotatable bonds is 7. The molecule has 0 amide bonds. The van der Waals surface area contributed by atoms with Gasteiger partial charge in [0.15, 0.2) is 11.6 Å². The number of aryl methyl sites for hydroxylation is 1. The van der Waals surface area contributed by atoms with Crippen LogP contribution >= 0.6 is 0 Å². The van der Waals surface area contributed by atoms with E-state index in [1.165, 1.54) is 6.07 Å². The molecule has 4 nitrogen and oxygen atoms in total. The van der Waals surface area contributed by atoms with Gasteiger partial charge in [-0.15, -0.1) is 0 Å². The zero-order valence-corrected chi connectivity index (χ0v) is 12.2. The minimum Gasteiger partial charge on any atom is -0.346 e. The molecule has 0 aliphatic rings. The molecule has 0 saturated carbocycles. The Kier molecular flexibility index (Phi) is 5.09. The zero-order valence-electron chi connectivity index (χ0n) is 12.2. The average Bonchev–Trinajstić information content (AvgIpc) is 2.80. The summed E-state index contributed by atoms with van der Waals surface area (Å²) in [6.45, 7) is 7.67. The number of ether oxygens (including phenoxy) is 2. The van der Waals surface area contributed by atoms with E-state index < -0.39 is 6.29 Å². The second-order valence-electron chi connectivity index (χ2n) is 4.47. The number of halogens is 1. The summed E-state index contributed by atoms with van der Waals surface area (Å²) in [5, 5.41) is 0. The highest BCUT2D eigenvalue weighted by Gasteiger charge is 2.21. The van der Waals surface area contributed by atoms with Crippen molar-refractivity contribution in [1.29, 1.82) is 0 Å². The third kappa shape index (κ3) is 2.83. The molecule has 2 aromatic rings. The Morgan fingerprint density at radius 2 is 1.90 bits per heavy atom. The molecule has 0 aliphatic heterocycles. The van der Waals surface area contributed by atoms with Crippen molar-refractivity contribution in [2.24, 2.45) is 0 Å². The van der Waals surface area contributed by atoms with Gasteiger partial charge in [-0.2, -0.15) is 0 Å². The van der Waals surface area contributed by atoms with Gasteiger partial charge in [0.25, 0.3) is 0 Å². The van der Waals surface area contributed by atoms with Crippen LogP contribution in [0.2, 0.25) is 0 Å². The van der Waals surface area contributed by atoms with E-state index in [-0.39, 0.29) is 5.82 Å². The Balaban J connectivity index is 2.54. The number of benzene rings is 1. The molecule has 110 valence electrons. The first-order chi connectivity index (χ1) is 9.72. The first-order valence-corrected chi connectivity index (χ1v) is 7.10. The molecule has 0 atom stereocenters. The fourth-order valence-corrected chi connectivity index (χ4v) is 2.27. The van der Waals surface area contributed by atoms with E-state index in [2.05, 4.69) is 11.9 Å². The molecule has 2 rings (SSSR count). The Bertz CT molecular complexity index is 562. The van der Waals surface area contributed by atoms with Crippen molar-refractivity contribution in [1.82, 2.24) is 9.55 Å². The summed E-state index contributed by atoms with van der Waals surface area (Å²) in [4.78, 5) is 4.41. The first-order valence-electron chi connectivity index (χ1n) is 7.10. The van der Waals surface area contributed by atoms with Crippen molar-refractivity contribution in [2.75, 3.05) is 13.2 Å². The highest BCUT2D eigenvalue weighted by molar-refractivity contribution is 5.76. The van der Waals surface area contributed by atoms with Crippen molar-refractivity contribution in [3.8, 4) is 0 Å². The summed E-state index contributed by atoms with van der Waals surface area (Å²) in [5.74, 6) is 0.320. The van der Waals surface area contributed by atoms with E-state index in [0.717, 1.165) is 18.5 Å². The highest BCUT2D eigenvalue weighted by Crippen LogP contribution is 2.26. The van der Waals surface area contributed by atoms with Crippen LogP contribution in [0.15, 0.2) is 18.2 Å². The van der Waals surface area contributed by atoms with Crippen molar-refractivity contribution >= 4 is 11.0 Å². The van der Waals surface area contributed by atoms with E-state index >= 15 is 0 Å². The monoisotopic (exact) mass is 280 g/mol. The molecule has 1 aromatic carbocycles. The molecule has 20 heavy (non-hydrogen) atoms. The zero-order chi connectivity index (χ0) is 14.5. The van der Waals surface area contributed by atoms with E-state index in [4.69, 9.17) is 9.47 Å². The van der Waals surface area contributed by atoms with Gasteiger partial charge in [-0.3, -0.25) is 0 Å². The van der Waals surface area contributed by atoms with Crippen LogP contribution in [0.3, 0.4) is 0 Å². The molecule has 0 N–H and O–H groups in total. The Morgan fingerprint density at radius 1 is 1.20 bits per heavy atom. The number of imidazole rings is 1. The summed E-state index contributed by atoms with van der Waals surface area (Å²) < 4.78 is 27.1. The first kappa shape index (κ1) is 14.9. The maximum atomic E-state index is 13.9. The van der Waals surface area contributed by atoms with Gasteiger partial charge in [-0.25, -0.2) is 9.37 Å². The van der Waals surface area contributed by atoms with Gasteiger partial charge in [0.1, 0.15) is 5.52 Å². The van der Waals surface area contributed by atoms with Crippen LogP contribution in [-0.4, -0.2) is 22.8 Å². The van der Waals surface area contributed by atoms with Crippen LogP contribution in [0.5, 0.6) is 0 Å². The van der Waals surface area contributed by atoms with Gasteiger partial charge in [0.05, 0.1) is 5.52 Å². The van der Waals surface area contributed by atoms with Gasteiger partial charge in [0.2, 0.25) is 6.29 Å². The van der Waals surface area contributed by atoms with Gasteiger partial charge >= 0.3 is 0 Å². The lowest BCUT2D eigenvalue weighted by Crippen LogP contribution is -2.15. The quantitative estimate of drug-likeness (QED) is 0.726. The Morgan fingerprint density at radius 3 is 2.50 bits per heavy atom. The number of aromatic nitrogens is 2. The summed E-state index contributed by atoms with van der Waals surface area (Å²) in [5.41, 5.74) is 1.16. The van der Waals surface area contributed by atoms with Crippen LogP contribution in [-0.2, 0) is 16.0 Å². The molecule has 0 bridgehead atoms. The standard InChI is InChI=1S/C15H21FN2O2/c1-4-10-18-12-9-7-8-11(16)13(12)17-14(18)15(19-5-2)20-6-3/h7-9,15H,4-6,10H2,1-3H3. The number of nitrogens with zero attached hydrogens (tertiary/aromatic N) is 2. The summed E-state index contributed by atoms with van der Waals surface area (Å²) in [6, 6.07) is 5.00. The topological polar surface area (TPSA) is 36.3 Å². The van der Waals surface area contributed by atoms with Crippen LogP contribution in [0.25, 0.3) is 11.0 Å². The molecule has 0 fully saturated rings. The third-order valence-corrected chi connectivity index (χ3v) is 3.05. The van der Waals surface area contributed by atoms with Gasteiger partial charge in [-0.05, 0) is 32.4 Å². The predicted molar refractivity (Wildman–Crippen MR) is 76.0 cm³/mol. The Hall–Kier alpha value is -1.46. The van der Waals surface area contributed by atoms with Crippen LogP contribution in [0.1, 0.15) is 39.3 Å². The normalized spacial score (nSPS) is 11.7. The minimum atomic E-state index is -0.552. The molecule has 0 radical (unpaired) electrons. The van der Waals surface area contributed by atoms with E-state index in [9.17, 15) is 4.39 Å². The lowest BCUT2D eigenvalue weighted by Gasteiger charge is -2.18. The van der Waals surface area contributed by atoms with Crippen LogP contribution < -0.4 is 0 Å². The maximum absolute atomic E-state index is 13.9. The molecule has 0 saturated heterocycles. The van der Waals surface area contributed by atoms with Crippen LogP contribution in [0, 0.1) is 5.82 Å². The Labute approximate surface area is 118 Å². The largest absolute Gasteiger partial charge is 0.346 e. The average molecular weight is 280 g/mol. The second kappa shape index (κ2) is 6.81. The van der Waals surface area contributed by atoms with Crippen molar-refractivity contribution in [2.45, 2.75) is 40.0 Å². The predicted octanol–water partition coefficient (Wildman–Crippen LogP) is 3.66. The van der Waals surface area contributed by atoms with Gasteiger partial charge < -0.3 is 14.0 Å². The number of hydrogen-bond donors (Lipinski definition) is 0. The van der Waals surface area contributed by atoms with Gasteiger partial charge in [-0.1, -0.05) is 13.0 Å². The summed E-state index contributed by atoms with van der Waals surface area (Å²) in [7, 11) is 0. The van der Waals surface area contributed by atoms with E-state index in [1.54, 1.807) is 6.07 Å². The van der Waals surface area contributed by atoms with Crippen LogP contribution in [0.4, 0.5) is 4.39 Å². The molecule has 1 aromatic heterocycles. The minimum absolute atomic E-state index is 0.314. The molecule has 0 aliphatic carbocycles. The second-order valence-corrected chi connectivity index (χ2v) is 4.47. The van der Waals surface area contributed by atoms with Crippen molar-refractivity contribution < 1.29 is 13.9 Å².